The molecule has 10 heteroatoms. The number of hydrogen-bond acceptors (Lipinski definition) is 8. The van der Waals surface area contributed by atoms with Gasteiger partial charge in [0.15, 0.2) is 5.82 Å². The van der Waals surface area contributed by atoms with E-state index in [1.165, 1.54) is 0 Å². The van der Waals surface area contributed by atoms with Gasteiger partial charge in [0, 0.05) is 38.3 Å². The fourth-order valence-corrected chi connectivity index (χ4v) is 5.65. The van der Waals surface area contributed by atoms with Crippen molar-refractivity contribution in [2.75, 3.05) is 56.0 Å². The van der Waals surface area contributed by atoms with Crippen LogP contribution in [0.1, 0.15) is 43.0 Å². The van der Waals surface area contributed by atoms with Crippen LogP contribution in [0.3, 0.4) is 0 Å². The summed E-state index contributed by atoms with van der Waals surface area (Å²) in [6.45, 7) is 8.13. The van der Waals surface area contributed by atoms with Gasteiger partial charge in [-0.2, -0.15) is 4.98 Å². The van der Waals surface area contributed by atoms with Crippen molar-refractivity contribution in [1.82, 2.24) is 20.2 Å². The first-order valence-corrected chi connectivity index (χ1v) is 13.2. The van der Waals surface area contributed by atoms with Gasteiger partial charge in [-0.3, -0.25) is 9.59 Å². The highest BCUT2D eigenvalue weighted by atomic mass is 16.5. The Kier molecular flexibility index (Phi) is 7.00. The van der Waals surface area contributed by atoms with E-state index in [4.69, 9.17) is 9.72 Å². The fraction of sp³-hybridized carbons (Fsp3) is 0.500. The zero-order chi connectivity index (χ0) is 27.0. The molecule has 3 aliphatic rings. The lowest BCUT2D eigenvalue weighted by Crippen LogP contribution is -2.57. The predicted octanol–water partition coefficient (Wildman–Crippen LogP) is 3.19. The summed E-state index contributed by atoms with van der Waals surface area (Å²) >= 11 is 0. The predicted molar refractivity (Wildman–Crippen MR) is 148 cm³/mol. The van der Waals surface area contributed by atoms with Crippen LogP contribution >= 0.6 is 0 Å². The van der Waals surface area contributed by atoms with Crippen LogP contribution in [0.15, 0.2) is 37.1 Å². The Hall–Kier alpha value is -3.66. The number of hydrogen-bond donors (Lipinski definition) is 2. The van der Waals surface area contributed by atoms with Gasteiger partial charge in [0.1, 0.15) is 11.4 Å². The summed E-state index contributed by atoms with van der Waals surface area (Å²) in [5.41, 5.74) is 1.12. The number of ether oxygens (including phenoxy) is 1. The quantitative estimate of drug-likeness (QED) is 0.538. The van der Waals surface area contributed by atoms with E-state index in [0.29, 0.717) is 41.2 Å². The monoisotopic (exact) mass is 519 g/mol. The number of fused-ring (bicyclic) bond motifs is 1. The third-order valence-corrected chi connectivity index (χ3v) is 8.00. The standard InChI is InChI=1S/C28H37N7O3/c1-6-28(2)17-35(20-9-7-8-10-20)24-22(34(4)26(28)37)14-29-27(32-24)31-21-12-11-18(13-23(21)38-5)25(36)30-19-15-33(3)16-19/h6,11-14,19-20H,1,7-10,15-17H2,2-5H3,(H,30,36)(H,29,31,32). The Morgan fingerprint density at radius 3 is 2.63 bits per heavy atom. The van der Waals surface area contributed by atoms with Crippen molar-refractivity contribution in [1.29, 1.82) is 0 Å². The molecule has 1 saturated heterocycles. The maximum absolute atomic E-state index is 13.4. The lowest BCUT2D eigenvalue weighted by Gasteiger charge is -2.36. The molecule has 3 heterocycles. The first-order valence-electron chi connectivity index (χ1n) is 13.2. The first kappa shape index (κ1) is 26.0. The average molecular weight is 520 g/mol. The lowest BCUT2D eigenvalue weighted by atomic mass is 9.88. The normalized spacial score (nSPS) is 22.5. The van der Waals surface area contributed by atoms with E-state index in [2.05, 4.69) is 32.0 Å². The van der Waals surface area contributed by atoms with Gasteiger partial charge in [-0.1, -0.05) is 18.9 Å². The van der Waals surface area contributed by atoms with Gasteiger partial charge in [-0.25, -0.2) is 4.98 Å². The number of anilines is 4. The van der Waals surface area contributed by atoms with Gasteiger partial charge < -0.3 is 30.1 Å². The van der Waals surface area contributed by atoms with E-state index < -0.39 is 5.41 Å². The van der Waals surface area contributed by atoms with Crippen LogP contribution in [-0.4, -0.2) is 79.6 Å². The molecule has 0 bridgehead atoms. The molecule has 2 aliphatic heterocycles. The number of aromatic nitrogens is 2. The van der Waals surface area contributed by atoms with Crippen molar-refractivity contribution < 1.29 is 14.3 Å². The third kappa shape index (κ3) is 4.80. The molecule has 2 amide bonds. The van der Waals surface area contributed by atoms with Crippen LogP contribution in [-0.2, 0) is 4.79 Å². The van der Waals surface area contributed by atoms with Crippen LogP contribution in [0.25, 0.3) is 0 Å². The van der Waals surface area contributed by atoms with Gasteiger partial charge in [0.25, 0.3) is 5.91 Å². The van der Waals surface area contributed by atoms with Crippen LogP contribution in [0.2, 0.25) is 0 Å². The van der Waals surface area contributed by atoms with Crippen molar-refractivity contribution in [2.24, 2.45) is 5.41 Å². The molecule has 5 rings (SSSR count). The highest BCUT2D eigenvalue weighted by Crippen LogP contribution is 2.41. The molecule has 1 unspecified atom stereocenters. The Bertz CT molecular complexity index is 1240. The van der Waals surface area contributed by atoms with Gasteiger partial charge in [-0.05, 0) is 45.0 Å². The minimum atomic E-state index is -0.736. The van der Waals surface area contributed by atoms with Crippen LogP contribution < -0.4 is 25.2 Å². The Morgan fingerprint density at radius 2 is 1.97 bits per heavy atom. The summed E-state index contributed by atoms with van der Waals surface area (Å²) in [5.74, 6) is 1.49. The lowest BCUT2D eigenvalue weighted by molar-refractivity contribution is -0.124. The number of amides is 2. The number of methoxy groups -OCH3 is 1. The molecular weight excluding hydrogens is 482 g/mol. The average Bonchev–Trinajstić information content (AvgIpc) is 3.42. The summed E-state index contributed by atoms with van der Waals surface area (Å²) in [7, 11) is 5.36. The molecule has 1 aromatic heterocycles. The van der Waals surface area contributed by atoms with Gasteiger partial charge >= 0.3 is 0 Å². The first-order chi connectivity index (χ1) is 18.2. The molecule has 1 saturated carbocycles. The van der Waals surface area contributed by atoms with E-state index in [0.717, 1.165) is 44.6 Å². The minimum absolute atomic E-state index is 0.0253. The van der Waals surface area contributed by atoms with Crippen molar-refractivity contribution in [3.63, 3.8) is 0 Å². The zero-order valence-corrected chi connectivity index (χ0v) is 22.7. The number of nitrogens with one attached hydrogen (secondary N) is 2. The number of likely N-dealkylation sites (tertiary alicyclic amines) is 1. The molecule has 38 heavy (non-hydrogen) atoms. The summed E-state index contributed by atoms with van der Waals surface area (Å²) < 4.78 is 5.60. The molecule has 1 atom stereocenters. The molecule has 10 nitrogen and oxygen atoms in total. The molecule has 2 N–H and O–H groups in total. The van der Waals surface area contributed by atoms with Crippen molar-refractivity contribution >= 4 is 35.0 Å². The topological polar surface area (TPSA) is 103 Å². The minimum Gasteiger partial charge on any atom is -0.495 e. The smallest absolute Gasteiger partial charge is 0.251 e. The molecule has 0 radical (unpaired) electrons. The third-order valence-electron chi connectivity index (χ3n) is 8.00. The van der Waals surface area contributed by atoms with Crippen molar-refractivity contribution in [3.8, 4) is 5.75 Å². The number of rotatable bonds is 7. The number of nitrogens with zero attached hydrogens (tertiary/aromatic N) is 5. The second kappa shape index (κ2) is 10.2. The summed E-state index contributed by atoms with van der Waals surface area (Å²) in [4.78, 5) is 41.6. The van der Waals surface area contributed by atoms with Crippen molar-refractivity contribution in [2.45, 2.75) is 44.7 Å². The Balaban J connectivity index is 1.43. The van der Waals surface area contributed by atoms with Gasteiger partial charge in [0.2, 0.25) is 11.9 Å². The Morgan fingerprint density at radius 1 is 1.24 bits per heavy atom. The molecule has 1 aromatic carbocycles. The summed E-state index contributed by atoms with van der Waals surface area (Å²) in [6.07, 6.45) is 7.89. The molecule has 0 spiro atoms. The van der Waals surface area contributed by atoms with Crippen LogP contribution in [0.4, 0.5) is 23.1 Å². The van der Waals surface area contributed by atoms with E-state index in [9.17, 15) is 9.59 Å². The van der Waals surface area contributed by atoms with Gasteiger partial charge in [0.05, 0.1) is 30.5 Å². The second-order valence-electron chi connectivity index (χ2n) is 10.9. The van der Waals surface area contributed by atoms with Gasteiger partial charge in [-0.15, -0.1) is 6.58 Å². The van der Waals surface area contributed by atoms with Crippen molar-refractivity contribution in [3.05, 3.63) is 42.6 Å². The van der Waals surface area contributed by atoms with E-state index in [-0.39, 0.29) is 17.9 Å². The van der Waals surface area contributed by atoms with E-state index >= 15 is 0 Å². The SMILES string of the molecule is C=CC1(C)CN(C2CCCC2)c2nc(Nc3ccc(C(=O)NC4CN(C)C4)cc3OC)ncc2N(C)C1=O. The zero-order valence-electron chi connectivity index (χ0n) is 22.7. The van der Waals surface area contributed by atoms with E-state index in [1.54, 1.807) is 49.5 Å². The molecule has 2 fully saturated rings. The second-order valence-corrected chi connectivity index (χ2v) is 10.9. The Labute approximate surface area is 224 Å². The van der Waals surface area contributed by atoms with Crippen LogP contribution in [0, 0.1) is 5.41 Å². The maximum Gasteiger partial charge on any atom is 0.251 e. The number of carbonyl (C=O) groups excluding carboxylic acids is 2. The van der Waals surface area contributed by atoms with E-state index in [1.807, 2.05) is 14.0 Å². The number of likely N-dealkylation sites (N-methyl/N-ethyl adjacent to an activating group) is 1. The molecular formula is C28H37N7O3. The highest BCUT2D eigenvalue weighted by Gasteiger charge is 2.42. The fourth-order valence-electron chi connectivity index (χ4n) is 5.65. The molecule has 2 aromatic rings. The largest absolute Gasteiger partial charge is 0.495 e. The molecule has 202 valence electrons. The number of carbonyl (C=O) groups is 2. The maximum atomic E-state index is 13.4. The highest BCUT2D eigenvalue weighted by molar-refractivity contribution is 6.02. The van der Waals surface area contributed by atoms with Crippen LogP contribution in [0.5, 0.6) is 5.75 Å². The summed E-state index contributed by atoms with van der Waals surface area (Å²) in [5, 5.41) is 6.31. The summed E-state index contributed by atoms with van der Waals surface area (Å²) in [6, 6.07) is 5.75. The molecule has 1 aliphatic carbocycles. The number of benzene rings is 1.